The lowest BCUT2D eigenvalue weighted by molar-refractivity contribution is 0.293. The van der Waals surface area contributed by atoms with Crippen LogP contribution >= 0.6 is 15.9 Å². The molecular weight excluding hydrogens is 278 g/mol. The van der Waals surface area contributed by atoms with Crippen LogP contribution in [0.15, 0.2) is 22.7 Å². The zero-order chi connectivity index (χ0) is 12.3. The van der Waals surface area contributed by atoms with Gasteiger partial charge in [-0.15, -0.1) is 0 Å². The van der Waals surface area contributed by atoms with Gasteiger partial charge in [0.2, 0.25) is 0 Å². The normalized spacial score (nSPS) is 19.0. The molecule has 0 spiro atoms. The molecule has 0 aliphatic heterocycles. The van der Waals surface area contributed by atoms with E-state index in [9.17, 15) is 0 Å². The van der Waals surface area contributed by atoms with Crippen molar-refractivity contribution in [1.82, 2.24) is 0 Å². The molecule has 1 fully saturated rings. The van der Waals surface area contributed by atoms with Crippen LogP contribution < -0.4 is 10.5 Å². The summed E-state index contributed by atoms with van der Waals surface area (Å²) in [5, 5.41) is 0. The van der Waals surface area contributed by atoms with E-state index in [0.717, 1.165) is 29.5 Å². The maximum Gasteiger partial charge on any atom is 0.119 e. The van der Waals surface area contributed by atoms with E-state index in [0.29, 0.717) is 0 Å². The Morgan fingerprint density at radius 1 is 1.29 bits per heavy atom. The van der Waals surface area contributed by atoms with Gasteiger partial charge in [-0.2, -0.15) is 0 Å². The molecular formula is C14H20BrNO. The average Bonchev–Trinajstić information content (AvgIpc) is 2.33. The van der Waals surface area contributed by atoms with Crippen LogP contribution in [0.5, 0.6) is 5.75 Å². The van der Waals surface area contributed by atoms with E-state index in [1.165, 1.54) is 24.8 Å². The first-order valence-corrected chi connectivity index (χ1v) is 7.04. The van der Waals surface area contributed by atoms with Gasteiger partial charge in [0, 0.05) is 10.0 Å². The first kappa shape index (κ1) is 12.9. The van der Waals surface area contributed by atoms with Crippen LogP contribution in [0, 0.1) is 0 Å². The van der Waals surface area contributed by atoms with E-state index in [1.54, 1.807) is 7.11 Å². The van der Waals surface area contributed by atoms with Gasteiger partial charge in [0.15, 0.2) is 0 Å². The Balaban J connectivity index is 2.16. The lowest BCUT2D eigenvalue weighted by Crippen LogP contribution is -2.43. The van der Waals surface area contributed by atoms with E-state index < -0.39 is 0 Å². The average molecular weight is 298 g/mol. The molecule has 94 valence electrons. The Labute approximate surface area is 112 Å². The number of hydrogen-bond acceptors (Lipinski definition) is 2. The third kappa shape index (κ3) is 3.23. The summed E-state index contributed by atoms with van der Waals surface area (Å²) in [6, 6.07) is 6.10. The fraction of sp³-hybridized carbons (Fsp3) is 0.571. The number of halogens is 1. The van der Waals surface area contributed by atoms with Gasteiger partial charge in [0.25, 0.3) is 0 Å². The molecule has 1 aliphatic rings. The highest BCUT2D eigenvalue weighted by atomic mass is 79.9. The summed E-state index contributed by atoms with van der Waals surface area (Å²) in [6.07, 6.45) is 7.06. The van der Waals surface area contributed by atoms with Gasteiger partial charge in [0.05, 0.1) is 7.11 Å². The van der Waals surface area contributed by atoms with Crippen molar-refractivity contribution in [3.05, 3.63) is 28.2 Å². The lowest BCUT2D eigenvalue weighted by atomic mass is 9.78. The largest absolute Gasteiger partial charge is 0.497 e. The molecule has 3 heteroatoms. The molecule has 1 aromatic carbocycles. The van der Waals surface area contributed by atoms with Crippen LogP contribution in [0.1, 0.15) is 37.7 Å². The van der Waals surface area contributed by atoms with Gasteiger partial charge >= 0.3 is 0 Å². The predicted octanol–water partition coefficient (Wildman–Crippen LogP) is 3.66. The van der Waals surface area contributed by atoms with E-state index in [2.05, 4.69) is 22.0 Å². The van der Waals surface area contributed by atoms with Crippen molar-refractivity contribution >= 4 is 15.9 Å². The Hall–Kier alpha value is -0.540. The molecule has 0 radical (unpaired) electrons. The molecule has 1 aromatic rings. The summed E-state index contributed by atoms with van der Waals surface area (Å²) >= 11 is 3.60. The molecule has 0 aromatic heterocycles. The zero-order valence-electron chi connectivity index (χ0n) is 10.3. The Bertz CT molecular complexity index is 386. The third-order valence-corrected chi connectivity index (χ3v) is 4.42. The number of ether oxygens (including phenoxy) is 1. The van der Waals surface area contributed by atoms with Gasteiger partial charge in [-0.1, -0.05) is 35.2 Å². The minimum Gasteiger partial charge on any atom is -0.497 e. The highest BCUT2D eigenvalue weighted by Crippen LogP contribution is 2.32. The molecule has 2 rings (SSSR count). The van der Waals surface area contributed by atoms with Gasteiger partial charge in [0.1, 0.15) is 5.75 Å². The second-order valence-corrected chi connectivity index (χ2v) is 5.91. The van der Waals surface area contributed by atoms with Crippen LogP contribution in [0.3, 0.4) is 0 Å². The van der Waals surface area contributed by atoms with Crippen LogP contribution in [0.2, 0.25) is 0 Å². The first-order chi connectivity index (χ1) is 8.13. The van der Waals surface area contributed by atoms with Crippen LogP contribution in [0.4, 0.5) is 0 Å². The molecule has 0 saturated heterocycles. The van der Waals surface area contributed by atoms with Crippen LogP contribution in [0.25, 0.3) is 0 Å². The smallest absolute Gasteiger partial charge is 0.119 e. The first-order valence-electron chi connectivity index (χ1n) is 6.24. The van der Waals surface area contributed by atoms with Crippen LogP contribution in [-0.4, -0.2) is 12.6 Å². The number of nitrogens with two attached hydrogens (primary N) is 1. The Kier molecular flexibility index (Phi) is 4.10. The van der Waals surface area contributed by atoms with Crippen molar-refractivity contribution in [2.45, 2.75) is 44.1 Å². The molecule has 0 amide bonds. The molecule has 0 unspecified atom stereocenters. The number of benzene rings is 1. The van der Waals surface area contributed by atoms with Crippen LogP contribution in [-0.2, 0) is 6.42 Å². The highest BCUT2D eigenvalue weighted by molar-refractivity contribution is 9.10. The predicted molar refractivity (Wildman–Crippen MR) is 74.4 cm³/mol. The third-order valence-electron chi connectivity index (χ3n) is 3.64. The van der Waals surface area contributed by atoms with Gasteiger partial charge in [-0.25, -0.2) is 0 Å². The Morgan fingerprint density at radius 2 is 2.00 bits per heavy atom. The maximum atomic E-state index is 6.49. The monoisotopic (exact) mass is 297 g/mol. The quantitative estimate of drug-likeness (QED) is 0.924. The minimum absolute atomic E-state index is 0.0207. The molecule has 0 bridgehead atoms. The van der Waals surface area contributed by atoms with Gasteiger partial charge in [-0.05, 0) is 43.0 Å². The SMILES string of the molecule is COc1ccc(Br)c(CC2(N)CCCCC2)c1. The van der Waals surface area contributed by atoms with Crippen molar-refractivity contribution in [3.8, 4) is 5.75 Å². The van der Waals surface area contributed by atoms with Gasteiger partial charge < -0.3 is 10.5 Å². The van der Waals surface area contributed by atoms with Crippen molar-refractivity contribution in [2.75, 3.05) is 7.11 Å². The second-order valence-electron chi connectivity index (χ2n) is 5.06. The molecule has 1 aliphatic carbocycles. The number of rotatable bonds is 3. The van der Waals surface area contributed by atoms with Crippen molar-refractivity contribution < 1.29 is 4.74 Å². The minimum atomic E-state index is -0.0207. The summed E-state index contributed by atoms with van der Waals surface area (Å²) < 4.78 is 6.40. The molecule has 2 N–H and O–H groups in total. The summed E-state index contributed by atoms with van der Waals surface area (Å²) in [5.74, 6) is 0.905. The Morgan fingerprint density at radius 3 is 2.65 bits per heavy atom. The molecule has 17 heavy (non-hydrogen) atoms. The maximum absolute atomic E-state index is 6.49. The lowest BCUT2D eigenvalue weighted by Gasteiger charge is -2.34. The van der Waals surface area contributed by atoms with E-state index >= 15 is 0 Å². The second kappa shape index (κ2) is 5.40. The molecule has 2 nitrogen and oxygen atoms in total. The number of methoxy groups -OCH3 is 1. The fourth-order valence-corrected chi connectivity index (χ4v) is 3.01. The molecule has 0 atom stereocenters. The van der Waals surface area contributed by atoms with E-state index in [1.807, 2.05) is 12.1 Å². The zero-order valence-corrected chi connectivity index (χ0v) is 11.9. The summed E-state index contributed by atoms with van der Waals surface area (Å²) in [7, 11) is 1.70. The molecule has 0 heterocycles. The number of hydrogen-bond donors (Lipinski definition) is 1. The molecule has 1 saturated carbocycles. The summed E-state index contributed by atoms with van der Waals surface area (Å²) in [6.45, 7) is 0. The van der Waals surface area contributed by atoms with Crippen molar-refractivity contribution in [3.63, 3.8) is 0 Å². The standard InChI is InChI=1S/C14H20BrNO/c1-17-12-5-6-13(15)11(9-12)10-14(16)7-3-2-4-8-14/h5-6,9H,2-4,7-8,10,16H2,1H3. The summed E-state index contributed by atoms with van der Waals surface area (Å²) in [5.41, 5.74) is 7.73. The highest BCUT2D eigenvalue weighted by Gasteiger charge is 2.28. The van der Waals surface area contributed by atoms with Crippen molar-refractivity contribution in [2.24, 2.45) is 5.73 Å². The fourth-order valence-electron chi connectivity index (χ4n) is 2.63. The van der Waals surface area contributed by atoms with E-state index in [-0.39, 0.29) is 5.54 Å². The summed E-state index contributed by atoms with van der Waals surface area (Å²) in [4.78, 5) is 0. The topological polar surface area (TPSA) is 35.2 Å². The van der Waals surface area contributed by atoms with Gasteiger partial charge in [-0.3, -0.25) is 0 Å². The van der Waals surface area contributed by atoms with E-state index in [4.69, 9.17) is 10.5 Å². The van der Waals surface area contributed by atoms with Crippen molar-refractivity contribution in [1.29, 1.82) is 0 Å².